The van der Waals surface area contributed by atoms with Gasteiger partial charge in [-0.05, 0) is 27.7 Å². The van der Waals surface area contributed by atoms with Crippen molar-refractivity contribution in [2.24, 2.45) is 0 Å². The molecule has 0 aromatic heterocycles. The van der Waals surface area contributed by atoms with E-state index in [-0.39, 0.29) is 16.4 Å². The van der Waals surface area contributed by atoms with Crippen molar-refractivity contribution >= 4 is 44.6 Å². The van der Waals surface area contributed by atoms with Crippen LogP contribution in [0.25, 0.3) is 0 Å². The summed E-state index contributed by atoms with van der Waals surface area (Å²) in [6, 6.07) is 2.56. The van der Waals surface area contributed by atoms with Crippen molar-refractivity contribution in [1.82, 2.24) is 0 Å². The Morgan fingerprint density at radius 2 is 2.15 bits per heavy atom. The van der Waals surface area contributed by atoms with Gasteiger partial charge in [0, 0.05) is 11.0 Å². The molecule has 0 unspecified atom stereocenters. The van der Waals surface area contributed by atoms with Crippen molar-refractivity contribution in [3.05, 3.63) is 27.3 Å². The van der Waals surface area contributed by atoms with E-state index in [0.717, 1.165) is 11.0 Å². The molecule has 0 bridgehead atoms. The smallest absolute Gasteiger partial charge is 0.290 e. The number of nitro groups is 1. The maximum atomic E-state index is 10.4. The van der Waals surface area contributed by atoms with Gasteiger partial charge in [0.25, 0.3) is 5.69 Å². The second kappa shape index (κ2) is 4.04. The lowest BCUT2D eigenvalue weighted by atomic mass is 10.3. The first-order chi connectivity index (χ1) is 6.06. The predicted octanol–water partition coefficient (Wildman–Crippen LogP) is 3.08. The van der Waals surface area contributed by atoms with E-state index in [0.29, 0.717) is 4.90 Å². The number of nitrogens with zero attached hydrogens (tertiary/aromatic N) is 1. The van der Waals surface area contributed by atoms with Crippen LogP contribution in [-0.2, 0) is 0 Å². The van der Waals surface area contributed by atoms with E-state index >= 15 is 0 Å². The Kier molecular flexibility index (Phi) is 3.24. The van der Waals surface area contributed by atoms with E-state index in [1.165, 1.54) is 12.1 Å². The first kappa shape index (κ1) is 10.4. The van der Waals surface area contributed by atoms with E-state index in [1.54, 1.807) is 0 Å². The Labute approximate surface area is 87.7 Å². The highest BCUT2D eigenvalue weighted by atomic mass is 35.7. The highest BCUT2D eigenvalue weighted by Gasteiger charge is 2.15. The summed E-state index contributed by atoms with van der Waals surface area (Å²) in [6.07, 6.45) is 0. The van der Waals surface area contributed by atoms with Crippen LogP contribution in [0.1, 0.15) is 0 Å². The average Bonchev–Trinajstić information content (AvgIpc) is 2.07. The molecule has 0 saturated heterocycles. The van der Waals surface area contributed by atoms with Gasteiger partial charge in [-0.2, -0.15) is 0 Å². The number of nitrogens with two attached hydrogens (primary N) is 1. The molecule has 0 aliphatic heterocycles. The Bertz CT molecular complexity index is 359. The summed E-state index contributed by atoms with van der Waals surface area (Å²) in [5.74, 6) is 0. The van der Waals surface area contributed by atoms with Crippen LogP contribution in [-0.4, -0.2) is 4.92 Å². The molecule has 7 heteroatoms. The minimum absolute atomic E-state index is 0.0300. The molecule has 0 saturated carbocycles. The maximum Gasteiger partial charge on any atom is 0.290 e. The monoisotopic (exact) mass is 238 g/mol. The van der Waals surface area contributed by atoms with Gasteiger partial charge in [0.2, 0.25) is 0 Å². The van der Waals surface area contributed by atoms with E-state index in [2.05, 4.69) is 0 Å². The molecule has 0 radical (unpaired) electrons. The Morgan fingerprint density at radius 3 is 2.62 bits per heavy atom. The van der Waals surface area contributed by atoms with Crippen molar-refractivity contribution in [2.45, 2.75) is 4.90 Å². The molecular weight excluding hydrogens is 235 g/mol. The lowest BCUT2D eigenvalue weighted by Gasteiger charge is -2.01. The molecular formula is C6H4Cl2N2O2S. The summed E-state index contributed by atoms with van der Waals surface area (Å²) in [7, 11) is 6.31. The molecule has 0 aliphatic rings. The van der Waals surface area contributed by atoms with Crippen LogP contribution in [0.15, 0.2) is 17.0 Å². The fraction of sp³-hybridized carbons (Fsp3) is 0. The van der Waals surface area contributed by atoms with Gasteiger partial charge in [0.15, 0.2) is 0 Å². The van der Waals surface area contributed by atoms with Crippen LogP contribution >= 0.6 is 33.3 Å². The number of hydrogen-bond acceptors (Lipinski definition) is 4. The normalized spacial score (nSPS) is 10.0. The molecule has 0 spiro atoms. The summed E-state index contributed by atoms with van der Waals surface area (Å²) in [6.45, 7) is 0. The summed E-state index contributed by atoms with van der Waals surface area (Å²) < 4.78 is 0. The Morgan fingerprint density at radius 1 is 1.54 bits per heavy atom. The average molecular weight is 239 g/mol. The molecule has 2 N–H and O–H groups in total. The summed E-state index contributed by atoms with van der Waals surface area (Å²) in [5.41, 5.74) is 5.50. The highest BCUT2D eigenvalue weighted by molar-refractivity contribution is 8.21. The van der Waals surface area contributed by atoms with Gasteiger partial charge in [0.05, 0.1) is 10.6 Å². The van der Waals surface area contributed by atoms with E-state index in [4.69, 9.17) is 28.0 Å². The minimum Gasteiger partial charge on any atom is -0.398 e. The van der Waals surface area contributed by atoms with Gasteiger partial charge >= 0.3 is 0 Å². The zero-order valence-electron chi connectivity index (χ0n) is 6.16. The lowest BCUT2D eigenvalue weighted by molar-refractivity contribution is -0.384. The van der Waals surface area contributed by atoms with Crippen LogP contribution in [0.4, 0.5) is 11.4 Å². The topological polar surface area (TPSA) is 69.2 Å². The third-order valence-electron chi connectivity index (χ3n) is 1.36. The summed E-state index contributed by atoms with van der Waals surface area (Å²) in [4.78, 5) is 10.3. The highest BCUT2D eigenvalue weighted by Crippen LogP contribution is 2.36. The lowest BCUT2D eigenvalue weighted by Crippen LogP contribution is -1.93. The van der Waals surface area contributed by atoms with Crippen LogP contribution in [0, 0.1) is 10.1 Å². The molecule has 1 aromatic rings. The van der Waals surface area contributed by atoms with Gasteiger partial charge in [-0.1, -0.05) is 11.6 Å². The van der Waals surface area contributed by atoms with E-state index < -0.39 is 4.92 Å². The van der Waals surface area contributed by atoms with Crippen LogP contribution < -0.4 is 5.73 Å². The number of hydrogen-bond donors (Lipinski definition) is 1. The SMILES string of the molecule is Nc1cc([N+](=O)[O-])c(Cl)cc1SCl. The van der Waals surface area contributed by atoms with E-state index in [1.807, 2.05) is 0 Å². The number of benzene rings is 1. The number of halogens is 2. The van der Waals surface area contributed by atoms with Gasteiger partial charge in [0.1, 0.15) is 5.02 Å². The molecule has 1 aromatic carbocycles. The zero-order chi connectivity index (χ0) is 10.0. The van der Waals surface area contributed by atoms with Crippen LogP contribution in [0.2, 0.25) is 5.02 Å². The molecule has 4 nitrogen and oxygen atoms in total. The molecule has 0 heterocycles. The maximum absolute atomic E-state index is 10.4. The van der Waals surface area contributed by atoms with Crippen molar-refractivity contribution in [3.8, 4) is 0 Å². The largest absolute Gasteiger partial charge is 0.398 e. The number of rotatable bonds is 2. The molecule has 70 valence electrons. The van der Waals surface area contributed by atoms with Crippen molar-refractivity contribution in [2.75, 3.05) is 5.73 Å². The molecule has 0 atom stereocenters. The third-order valence-corrected chi connectivity index (χ3v) is 2.68. The van der Waals surface area contributed by atoms with Gasteiger partial charge < -0.3 is 5.73 Å². The van der Waals surface area contributed by atoms with Gasteiger partial charge in [-0.3, -0.25) is 10.1 Å². The quantitative estimate of drug-likeness (QED) is 0.489. The summed E-state index contributed by atoms with van der Waals surface area (Å²) in [5, 5.41) is 10.4. The first-order valence-corrected chi connectivity index (χ1v) is 5.10. The standard InChI is InChI=1S/C6H4Cl2N2O2S/c7-3-1-6(13-8)4(9)2-5(3)10(11)12/h1-2H,9H2. The number of nitrogen functional groups attached to an aromatic ring is 1. The Balaban J connectivity index is 3.28. The minimum atomic E-state index is -0.596. The fourth-order valence-corrected chi connectivity index (χ4v) is 1.78. The first-order valence-electron chi connectivity index (χ1n) is 3.08. The van der Waals surface area contributed by atoms with Gasteiger partial charge in [-0.15, -0.1) is 0 Å². The van der Waals surface area contributed by atoms with E-state index in [9.17, 15) is 10.1 Å². The summed E-state index contributed by atoms with van der Waals surface area (Å²) >= 11 is 5.61. The molecule has 0 amide bonds. The van der Waals surface area contributed by atoms with Crippen molar-refractivity contribution < 1.29 is 4.92 Å². The zero-order valence-corrected chi connectivity index (χ0v) is 8.49. The molecule has 13 heavy (non-hydrogen) atoms. The molecule has 0 aliphatic carbocycles. The van der Waals surface area contributed by atoms with Crippen molar-refractivity contribution in [3.63, 3.8) is 0 Å². The fourth-order valence-electron chi connectivity index (χ4n) is 0.766. The molecule has 0 fully saturated rings. The second-order valence-corrected chi connectivity index (χ2v) is 3.64. The predicted molar refractivity (Wildman–Crippen MR) is 54.2 cm³/mol. The second-order valence-electron chi connectivity index (χ2n) is 2.18. The van der Waals surface area contributed by atoms with Crippen molar-refractivity contribution in [1.29, 1.82) is 0 Å². The Hall–Kier alpha value is -0.650. The number of anilines is 1. The molecule has 1 rings (SSSR count). The number of nitro benzene ring substituents is 1. The van der Waals surface area contributed by atoms with Crippen LogP contribution in [0.3, 0.4) is 0 Å². The van der Waals surface area contributed by atoms with Crippen LogP contribution in [0.5, 0.6) is 0 Å². The van der Waals surface area contributed by atoms with Gasteiger partial charge in [-0.25, -0.2) is 0 Å². The third kappa shape index (κ3) is 2.18.